The summed E-state index contributed by atoms with van der Waals surface area (Å²) in [5.41, 5.74) is 2.47. The van der Waals surface area contributed by atoms with Crippen molar-refractivity contribution >= 4 is 39.1 Å². The number of hydrogen-bond donors (Lipinski definition) is 3. The number of carbonyl (C=O) groups excluding carboxylic acids is 1. The molecule has 0 radical (unpaired) electrons. The second-order valence-corrected chi connectivity index (χ2v) is 10.7. The number of hydrogen-bond acceptors (Lipinski definition) is 10. The Morgan fingerprint density at radius 2 is 1.92 bits per heavy atom. The SMILES string of the molecule is [2H]C([2H])([2H])NC(=O)c1nnc(Nc2cc3c(cc2OC)CCN(C)C3)nc1Nc1ccccc1S(=O)(=O)N(C)C. The van der Waals surface area contributed by atoms with Gasteiger partial charge in [0.25, 0.3) is 5.91 Å². The van der Waals surface area contributed by atoms with Crippen LogP contribution in [0.5, 0.6) is 5.75 Å². The van der Waals surface area contributed by atoms with E-state index in [1.807, 2.05) is 24.5 Å². The number of sulfonamides is 1. The van der Waals surface area contributed by atoms with Gasteiger partial charge in [-0.1, -0.05) is 12.1 Å². The van der Waals surface area contributed by atoms with Crippen LogP contribution in [-0.2, 0) is 23.0 Å². The van der Waals surface area contributed by atoms with Crippen molar-refractivity contribution < 1.29 is 22.1 Å². The molecule has 196 valence electrons. The van der Waals surface area contributed by atoms with Crippen molar-refractivity contribution in [3.05, 3.63) is 53.2 Å². The minimum Gasteiger partial charge on any atom is -0.495 e. The largest absolute Gasteiger partial charge is 0.495 e. The van der Waals surface area contributed by atoms with Gasteiger partial charge in [-0.15, -0.1) is 10.2 Å². The number of benzene rings is 2. The van der Waals surface area contributed by atoms with Gasteiger partial charge in [0.1, 0.15) is 10.6 Å². The summed E-state index contributed by atoms with van der Waals surface area (Å²) in [6.07, 6.45) is 0.872. The van der Waals surface area contributed by atoms with Crippen LogP contribution in [0, 0.1) is 0 Å². The van der Waals surface area contributed by atoms with Gasteiger partial charge < -0.3 is 25.6 Å². The van der Waals surface area contributed by atoms with E-state index in [-0.39, 0.29) is 22.3 Å². The van der Waals surface area contributed by atoms with Crippen molar-refractivity contribution in [1.29, 1.82) is 0 Å². The number of likely N-dealkylation sites (N-methyl/N-ethyl adjacent to an activating group) is 1. The molecule has 0 fully saturated rings. The molecule has 3 N–H and O–H groups in total. The molecular formula is C24H30N8O4S. The molecule has 0 unspecified atom stereocenters. The zero-order valence-corrected chi connectivity index (χ0v) is 21.7. The molecule has 0 spiro atoms. The number of nitrogens with one attached hydrogen (secondary N) is 3. The van der Waals surface area contributed by atoms with Gasteiger partial charge in [-0.25, -0.2) is 12.7 Å². The number of aromatic nitrogens is 3. The highest BCUT2D eigenvalue weighted by Crippen LogP contribution is 2.33. The lowest BCUT2D eigenvalue weighted by atomic mass is 9.99. The van der Waals surface area contributed by atoms with Gasteiger partial charge in [-0.05, 0) is 48.9 Å². The summed E-state index contributed by atoms with van der Waals surface area (Å²) in [5, 5.41) is 15.7. The van der Waals surface area contributed by atoms with Crippen LogP contribution in [0.3, 0.4) is 0 Å². The van der Waals surface area contributed by atoms with Gasteiger partial charge in [0.2, 0.25) is 16.0 Å². The number of methoxy groups -OCH3 is 1. The van der Waals surface area contributed by atoms with E-state index in [4.69, 9.17) is 8.85 Å². The summed E-state index contributed by atoms with van der Waals surface area (Å²) in [4.78, 5) is 19.3. The third-order valence-electron chi connectivity index (χ3n) is 5.89. The van der Waals surface area contributed by atoms with E-state index in [2.05, 4.69) is 30.7 Å². The van der Waals surface area contributed by atoms with E-state index >= 15 is 0 Å². The van der Waals surface area contributed by atoms with Crippen molar-refractivity contribution in [1.82, 2.24) is 29.7 Å². The highest BCUT2D eigenvalue weighted by atomic mass is 32.2. The first-order valence-corrected chi connectivity index (χ1v) is 12.7. The summed E-state index contributed by atoms with van der Waals surface area (Å²) >= 11 is 0. The van der Waals surface area contributed by atoms with Crippen LogP contribution >= 0.6 is 0 Å². The molecule has 12 nitrogen and oxygen atoms in total. The van der Waals surface area contributed by atoms with Crippen LogP contribution in [0.2, 0.25) is 0 Å². The number of carbonyl (C=O) groups is 1. The maximum Gasteiger partial charge on any atom is 0.275 e. The van der Waals surface area contributed by atoms with Gasteiger partial charge in [-0.3, -0.25) is 4.79 Å². The predicted molar refractivity (Wildman–Crippen MR) is 140 cm³/mol. The van der Waals surface area contributed by atoms with Crippen LogP contribution in [-0.4, -0.2) is 80.5 Å². The molecule has 0 bridgehead atoms. The molecule has 0 atom stereocenters. The number of rotatable bonds is 8. The summed E-state index contributed by atoms with van der Waals surface area (Å²) < 4.78 is 54.6. The third kappa shape index (κ3) is 5.48. The second kappa shape index (κ2) is 10.7. The second-order valence-electron chi connectivity index (χ2n) is 8.63. The van der Waals surface area contributed by atoms with E-state index in [0.717, 1.165) is 34.9 Å². The van der Waals surface area contributed by atoms with E-state index in [1.54, 1.807) is 19.2 Å². The minimum atomic E-state index is -3.89. The fourth-order valence-electron chi connectivity index (χ4n) is 3.91. The first-order valence-electron chi connectivity index (χ1n) is 12.8. The molecule has 1 amide bonds. The lowest BCUT2D eigenvalue weighted by molar-refractivity contribution is 0.0957. The van der Waals surface area contributed by atoms with Crippen LogP contribution in [0.1, 0.15) is 25.7 Å². The van der Waals surface area contributed by atoms with Crippen molar-refractivity contribution in [2.75, 3.05) is 52.4 Å². The number of amides is 1. The highest BCUT2D eigenvalue weighted by Gasteiger charge is 2.24. The Bertz CT molecular complexity index is 1530. The van der Waals surface area contributed by atoms with Crippen molar-refractivity contribution in [3.8, 4) is 5.75 Å². The maximum absolute atomic E-state index is 12.9. The Labute approximate surface area is 220 Å². The zero-order valence-electron chi connectivity index (χ0n) is 23.9. The lowest BCUT2D eigenvalue weighted by Gasteiger charge is -2.26. The molecule has 0 saturated heterocycles. The molecule has 2 heterocycles. The Kier molecular flexibility index (Phi) is 6.45. The number of anilines is 4. The first kappa shape index (κ1) is 22.4. The summed E-state index contributed by atoms with van der Waals surface area (Å²) in [6, 6.07) is 9.89. The smallest absolute Gasteiger partial charge is 0.275 e. The predicted octanol–water partition coefficient (Wildman–Crippen LogP) is 1.97. The number of para-hydroxylation sites is 1. The Morgan fingerprint density at radius 3 is 2.65 bits per heavy atom. The average Bonchev–Trinajstić information content (AvgIpc) is 2.87. The normalized spacial score (nSPS) is 15.2. The molecule has 1 aromatic heterocycles. The molecule has 0 saturated carbocycles. The standard InChI is InChI=1S/C24H30N8O4S/c1-25-23(33)21-22(26-17-8-6-7-9-20(17)37(34,35)31(2)3)28-24(30-29-21)27-18-12-16-14-32(4)11-10-15(16)13-19(18)36-5/h6-9,12-13H,10-11,14H2,1-5H3,(H,25,33)(H2,26,27,28,30)/i1D3. The summed E-state index contributed by atoms with van der Waals surface area (Å²) in [7, 11) is 2.46. The summed E-state index contributed by atoms with van der Waals surface area (Å²) in [5.74, 6) is -0.773. The summed E-state index contributed by atoms with van der Waals surface area (Å²) in [6.45, 7) is -1.14. The van der Waals surface area contributed by atoms with Crippen molar-refractivity contribution in [2.45, 2.75) is 17.9 Å². The number of fused-ring (bicyclic) bond motifs is 1. The van der Waals surface area contributed by atoms with E-state index < -0.39 is 28.6 Å². The van der Waals surface area contributed by atoms with E-state index in [1.165, 1.54) is 26.2 Å². The molecule has 13 heteroatoms. The molecule has 0 aliphatic carbocycles. The fourth-order valence-corrected chi connectivity index (χ4v) is 4.95. The molecule has 1 aliphatic rings. The van der Waals surface area contributed by atoms with E-state index in [9.17, 15) is 13.2 Å². The lowest BCUT2D eigenvalue weighted by Crippen LogP contribution is -2.26. The highest BCUT2D eigenvalue weighted by molar-refractivity contribution is 7.89. The van der Waals surface area contributed by atoms with Gasteiger partial charge >= 0.3 is 0 Å². The quantitative estimate of drug-likeness (QED) is 0.396. The molecule has 37 heavy (non-hydrogen) atoms. The van der Waals surface area contributed by atoms with Crippen LogP contribution in [0.4, 0.5) is 23.1 Å². The Hall–Kier alpha value is -3.81. The van der Waals surface area contributed by atoms with Gasteiger partial charge in [-0.2, -0.15) is 4.98 Å². The van der Waals surface area contributed by atoms with Crippen LogP contribution in [0.25, 0.3) is 0 Å². The molecule has 4 rings (SSSR count). The van der Waals surface area contributed by atoms with Crippen molar-refractivity contribution in [3.63, 3.8) is 0 Å². The minimum absolute atomic E-state index is 0.0386. The zero-order chi connectivity index (χ0) is 29.2. The topological polar surface area (TPSA) is 142 Å². The fraction of sp³-hybridized carbons (Fsp3) is 0.333. The third-order valence-corrected chi connectivity index (χ3v) is 7.76. The van der Waals surface area contributed by atoms with Gasteiger partial charge in [0.15, 0.2) is 11.5 Å². The van der Waals surface area contributed by atoms with Gasteiger partial charge in [0.05, 0.1) is 18.5 Å². The Morgan fingerprint density at radius 1 is 1.14 bits per heavy atom. The van der Waals surface area contributed by atoms with Crippen LogP contribution in [0.15, 0.2) is 41.3 Å². The average molecular weight is 530 g/mol. The van der Waals surface area contributed by atoms with Crippen LogP contribution < -0.4 is 20.7 Å². The van der Waals surface area contributed by atoms with Crippen molar-refractivity contribution in [2.24, 2.45) is 0 Å². The molecule has 1 aliphatic heterocycles. The molecular weight excluding hydrogens is 496 g/mol. The number of nitrogens with zero attached hydrogens (tertiary/aromatic N) is 5. The monoisotopic (exact) mass is 529 g/mol. The molecule has 2 aromatic carbocycles. The maximum atomic E-state index is 12.9. The Balaban J connectivity index is 1.77. The molecule has 3 aromatic rings. The first-order chi connectivity index (χ1) is 18.8. The van der Waals surface area contributed by atoms with E-state index in [0.29, 0.717) is 11.4 Å². The number of ether oxygens (including phenoxy) is 1. The van der Waals surface area contributed by atoms with Gasteiger partial charge in [0, 0.05) is 38.3 Å².